The maximum atomic E-state index is 13.2. The summed E-state index contributed by atoms with van der Waals surface area (Å²) in [6.07, 6.45) is 0. The molecule has 2 aromatic rings. The summed E-state index contributed by atoms with van der Waals surface area (Å²) < 4.78 is 26.4. The maximum Gasteiger partial charge on any atom is 0.128 e. The molecule has 0 fully saturated rings. The van der Waals surface area contributed by atoms with Crippen molar-refractivity contribution in [2.75, 3.05) is 11.1 Å². The molecule has 4 heteroatoms. The monoisotopic (exact) mass is 277 g/mol. The van der Waals surface area contributed by atoms with Gasteiger partial charge in [0.15, 0.2) is 0 Å². The Bertz CT molecular complexity index is 580. The fourth-order valence-electron chi connectivity index (χ4n) is 2.34. The van der Waals surface area contributed by atoms with Crippen molar-refractivity contribution in [1.29, 1.82) is 0 Å². The molecule has 1 nitrogen and oxygen atoms in total. The topological polar surface area (TPSA) is 12.0 Å². The minimum absolute atomic E-state index is 0.0937. The van der Waals surface area contributed by atoms with Crippen molar-refractivity contribution in [1.82, 2.24) is 0 Å². The van der Waals surface area contributed by atoms with Gasteiger partial charge >= 0.3 is 0 Å². The Morgan fingerprint density at radius 3 is 2.58 bits per heavy atom. The summed E-state index contributed by atoms with van der Waals surface area (Å²) >= 11 is 1.82. The van der Waals surface area contributed by atoms with Crippen LogP contribution < -0.4 is 5.32 Å². The van der Waals surface area contributed by atoms with Crippen LogP contribution in [0.25, 0.3) is 0 Å². The summed E-state index contributed by atoms with van der Waals surface area (Å²) in [5.41, 5.74) is 2.99. The number of nitrogens with one attached hydrogen (secondary N) is 1. The number of thioether (sulfide) groups is 1. The summed E-state index contributed by atoms with van der Waals surface area (Å²) in [6.45, 7) is 0. The predicted molar refractivity (Wildman–Crippen MR) is 75.3 cm³/mol. The average molecular weight is 277 g/mol. The molecular formula is C15H13F2NS. The molecule has 0 saturated carbocycles. The third-order valence-corrected chi connectivity index (χ3v) is 4.26. The summed E-state index contributed by atoms with van der Waals surface area (Å²) in [5.74, 6) is 0.777. The molecule has 19 heavy (non-hydrogen) atoms. The highest BCUT2D eigenvalue weighted by Gasteiger charge is 2.20. The zero-order chi connectivity index (χ0) is 13.2. The third-order valence-electron chi connectivity index (χ3n) is 3.18. The van der Waals surface area contributed by atoms with Gasteiger partial charge in [0.2, 0.25) is 0 Å². The molecular weight excluding hydrogens is 264 g/mol. The van der Waals surface area contributed by atoms with E-state index in [2.05, 4.69) is 17.4 Å². The van der Waals surface area contributed by atoms with E-state index in [9.17, 15) is 8.78 Å². The van der Waals surface area contributed by atoms with E-state index in [-0.39, 0.29) is 6.04 Å². The molecule has 0 aliphatic carbocycles. The Labute approximate surface area is 115 Å². The van der Waals surface area contributed by atoms with Gasteiger partial charge in [0.1, 0.15) is 11.6 Å². The molecule has 0 saturated heterocycles. The van der Waals surface area contributed by atoms with E-state index in [1.165, 1.54) is 23.3 Å². The van der Waals surface area contributed by atoms with Crippen LogP contribution in [0, 0.1) is 11.6 Å². The average Bonchev–Trinajstić information content (AvgIpc) is 2.38. The molecule has 98 valence electrons. The molecule has 2 aromatic carbocycles. The van der Waals surface area contributed by atoms with Gasteiger partial charge in [-0.2, -0.15) is 11.8 Å². The van der Waals surface area contributed by atoms with Crippen LogP contribution in [0.3, 0.4) is 0 Å². The van der Waals surface area contributed by atoms with E-state index in [4.69, 9.17) is 0 Å². The zero-order valence-corrected chi connectivity index (χ0v) is 11.0. The second kappa shape index (κ2) is 5.21. The third kappa shape index (κ3) is 2.73. The number of halogens is 2. The number of benzene rings is 2. The van der Waals surface area contributed by atoms with Gasteiger partial charge in [-0.05, 0) is 23.3 Å². The highest BCUT2D eigenvalue weighted by molar-refractivity contribution is 7.98. The highest BCUT2D eigenvalue weighted by Crippen LogP contribution is 2.33. The summed E-state index contributed by atoms with van der Waals surface area (Å²) in [7, 11) is 0. The number of rotatable bonds is 2. The first-order chi connectivity index (χ1) is 9.22. The van der Waals surface area contributed by atoms with Crippen molar-refractivity contribution < 1.29 is 8.78 Å². The first-order valence-electron chi connectivity index (χ1n) is 6.10. The van der Waals surface area contributed by atoms with Crippen molar-refractivity contribution in [3.8, 4) is 0 Å². The van der Waals surface area contributed by atoms with E-state index in [0.29, 0.717) is 5.69 Å². The second-order valence-electron chi connectivity index (χ2n) is 4.57. The fraction of sp³-hybridized carbons (Fsp3) is 0.200. The number of hydrogen-bond donors (Lipinski definition) is 1. The molecule has 1 heterocycles. The fourth-order valence-corrected chi connectivity index (χ4v) is 3.44. The van der Waals surface area contributed by atoms with Gasteiger partial charge in [-0.25, -0.2) is 8.78 Å². The molecule has 0 amide bonds. The van der Waals surface area contributed by atoms with Gasteiger partial charge in [-0.3, -0.25) is 0 Å². The Morgan fingerprint density at radius 1 is 1.05 bits per heavy atom. The van der Waals surface area contributed by atoms with Gasteiger partial charge in [0.05, 0.1) is 6.04 Å². The summed E-state index contributed by atoms with van der Waals surface area (Å²) in [4.78, 5) is 0. The Kier molecular flexibility index (Phi) is 3.42. The molecule has 1 unspecified atom stereocenters. The van der Waals surface area contributed by atoms with Gasteiger partial charge in [0, 0.05) is 23.3 Å². The predicted octanol–water partition coefficient (Wildman–Crippen LogP) is 4.36. The van der Waals surface area contributed by atoms with E-state index in [0.717, 1.165) is 17.6 Å². The molecule has 1 atom stereocenters. The SMILES string of the molecule is Fc1cc(F)cc(NC2CSCc3ccccc32)c1. The summed E-state index contributed by atoms with van der Waals surface area (Å²) in [6, 6.07) is 11.8. The minimum Gasteiger partial charge on any atom is -0.377 e. The number of hydrogen-bond acceptors (Lipinski definition) is 2. The van der Waals surface area contributed by atoms with Crippen LogP contribution in [0.5, 0.6) is 0 Å². The lowest BCUT2D eigenvalue weighted by Crippen LogP contribution is -2.18. The molecule has 1 aliphatic heterocycles. The molecule has 1 N–H and O–H groups in total. The van der Waals surface area contributed by atoms with Gasteiger partial charge in [-0.15, -0.1) is 0 Å². The lowest BCUT2D eigenvalue weighted by Gasteiger charge is -2.26. The molecule has 0 radical (unpaired) electrons. The highest BCUT2D eigenvalue weighted by atomic mass is 32.2. The van der Waals surface area contributed by atoms with Crippen molar-refractivity contribution in [3.05, 3.63) is 65.2 Å². The van der Waals surface area contributed by atoms with Gasteiger partial charge in [0.25, 0.3) is 0 Å². The molecule has 1 aliphatic rings. The molecule has 3 rings (SSSR count). The quantitative estimate of drug-likeness (QED) is 0.875. The van der Waals surface area contributed by atoms with Crippen LogP contribution in [0.4, 0.5) is 14.5 Å². The number of fused-ring (bicyclic) bond motifs is 1. The Morgan fingerprint density at radius 2 is 1.79 bits per heavy atom. The molecule has 0 spiro atoms. The molecule has 0 aromatic heterocycles. The van der Waals surface area contributed by atoms with Crippen LogP contribution in [-0.4, -0.2) is 5.75 Å². The van der Waals surface area contributed by atoms with Crippen LogP contribution in [0.1, 0.15) is 17.2 Å². The lowest BCUT2D eigenvalue weighted by atomic mass is 10.0. The smallest absolute Gasteiger partial charge is 0.128 e. The minimum atomic E-state index is -0.556. The van der Waals surface area contributed by atoms with Crippen LogP contribution in [-0.2, 0) is 5.75 Å². The van der Waals surface area contributed by atoms with E-state index >= 15 is 0 Å². The normalized spacial score (nSPS) is 17.9. The zero-order valence-electron chi connectivity index (χ0n) is 10.2. The Balaban J connectivity index is 1.88. The van der Waals surface area contributed by atoms with E-state index in [1.807, 2.05) is 23.9 Å². The largest absolute Gasteiger partial charge is 0.377 e. The van der Waals surface area contributed by atoms with Crippen LogP contribution in [0.2, 0.25) is 0 Å². The second-order valence-corrected chi connectivity index (χ2v) is 5.60. The van der Waals surface area contributed by atoms with Gasteiger partial charge in [-0.1, -0.05) is 24.3 Å². The van der Waals surface area contributed by atoms with E-state index < -0.39 is 11.6 Å². The van der Waals surface area contributed by atoms with Gasteiger partial charge < -0.3 is 5.32 Å². The van der Waals surface area contributed by atoms with Crippen molar-refractivity contribution in [2.24, 2.45) is 0 Å². The van der Waals surface area contributed by atoms with E-state index in [1.54, 1.807) is 0 Å². The lowest BCUT2D eigenvalue weighted by molar-refractivity contribution is 0.583. The summed E-state index contributed by atoms with van der Waals surface area (Å²) in [5, 5.41) is 3.22. The first-order valence-corrected chi connectivity index (χ1v) is 7.26. The van der Waals surface area contributed by atoms with Crippen LogP contribution >= 0.6 is 11.8 Å². The Hall–Kier alpha value is -1.55. The standard InChI is InChI=1S/C15H13F2NS/c16-11-5-12(17)7-13(6-11)18-15-9-19-8-10-3-1-2-4-14(10)15/h1-7,15,18H,8-9H2. The van der Waals surface area contributed by atoms with Crippen LogP contribution in [0.15, 0.2) is 42.5 Å². The molecule has 0 bridgehead atoms. The van der Waals surface area contributed by atoms with Crippen molar-refractivity contribution in [3.63, 3.8) is 0 Å². The first kappa shape index (κ1) is 12.5. The number of anilines is 1. The maximum absolute atomic E-state index is 13.2. The van der Waals surface area contributed by atoms with Crippen molar-refractivity contribution in [2.45, 2.75) is 11.8 Å². The van der Waals surface area contributed by atoms with Crippen molar-refractivity contribution >= 4 is 17.4 Å².